The molecule has 8 heteroatoms. The SMILES string of the molecule is N#CC1(N)CCCN(Cc2cccc3c2C(=O)N(C2CCC(=O)NC2=O)C3)C1. The van der Waals surface area contributed by atoms with Crippen LogP contribution in [0.5, 0.6) is 0 Å². The van der Waals surface area contributed by atoms with Gasteiger partial charge in [-0.2, -0.15) is 5.26 Å². The quantitative estimate of drug-likeness (QED) is 0.725. The molecule has 0 saturated carbocycles. The molecule has 0 aromatic heterocycles. The number of imide groups is 1. The Morgan fingerprint density at radius 2 is 2.14 bits per heavy atom. The number of piperidine rings is 2. The van der Waals surface area contributed by atoms with E-state index in [1.807, 2.05) is 18.2 Å². The molecule has 146 valence electrons. The minimum atomic E-state index is -0.848. The topological polar surface area (TPSA) is 120 Å². The van der Waals surface area contributed by atoms with E-state index in [1.54, 1.807) is 4.90 Å². The van der Waals surface area contributed by atoms with Gasteiger partial charge in [-0.25, -0.2) is 0 Å². The number of hydrogen-bond acceptors (Lipinski definition) is 6. The van der Waals surface area contributed by atoms with Crippen molar-refractivity contribution in [1.29, 1.82) is 5.26 Å². The summed E-state index contributed by atoms with van der Waals surface area (Å²) < 4.78 is 0. The lowest BCUT2D eigenvalue weighted by atomic mass is 9.91. The Balaban J connectivity index is 1.55. The second-order valence-corrected chi connectivity index (χ2v) is 7.93. The summed E-state index contributed by atoms with van der Waals surface area (Å²) in [5.41, 5.74) is 7.71. The summed E-state index contributed by atoms with van der Waals surface area (Å²) >= 11 is 0. The average Bonchev–Trinajstić information content (AvgIpc) is 2.99. The Bertz CT molecular complexity index is 892. The predicted octanol–water partition coefficient (Wildman–Crippen LogP) is 0.264. The van der Waals surface area contributed by atoms with Crippen molar-refractivity contribution >= 4 is 17.7 Å². The lowest BCUT2D eigenvalue weighted by Crippen LogP contribution is -2.53. The van der Waals surface area contributed by atoms with Crippen molar-refractivity contribution in [2.45, 2.75) is 50.4 Å². The van der Waals surface area contributed by atoms with Gasteiger partial charge in [-0.3, -0.25) is 24.6 Å². The molecule has 3 heterocycles. The standard InChI is InChI=1S/C20H23N5O3/c21-11-20(22)7-2-8-24(12-20)9-13-3-1-4-14-10-25(19(28)17(13)14)15-5-6-16(26)23-18(15)27/h1,3-4,15H,2,5-10,12,22H2,(H,23,26,27). The van der Waals surface area contributed by atoms with E-state index >= 15 is 0 Å². The molecular weight excluding hydrogens is 358 g/mol. The molecule has 28 heavy (non-hydrogen) atoms. The van der Waals surface area contributed by atoms with Crippen LogP contribution in [-0.4, -0.2) is 52.2 Å². The number of carbonyl (C=O) groups excluding carboxylic acids is 3. The molecule has 2 unspecified atom stereocenters. The first kappa shape index (κ1) is 18.6. The molecule has 1 aromatic rings. The summed E-state index contributed by atoms with van der Waals surface area (Å²) in [5.74, 6) is -0.868. The zero-order valence-corrected chi connectivity index (χ0v) is 15.6. The molecule has 3 aliphatic heterocycles. The van der Waals surface area contributed by atoms with Gasteiger partial charge < -0.3 is 10.6 Å². The Morgan fingerprint density at radius 3 is 2.89 bits per heavy atom. The summed E-state index contributed by atoms with van der Waals surface area (Å²) in [4.78, 5) is 40.4. The lowest BCUT2D eigenvalue weighted by molar-refractivity contribution is -0.136. The monoisotopic (exact) mass is 381 g/mol. The van der Waals surface area contributed by atoms with E-state index in [0.29, 0.717) is 38.0 Å². The van der Waals surface area contributed by atoms with Crippen LogP contribution in [-0.2, 0) is 22.7 Å². The van der Waals surface area contributed by atoms with Crippen molar-refractivity contribution in [1.82, 2.24) is 15.1 Å². The number of benzene rings is 1. The smallest absolute Gasteiger partial charge is 0.255 e. The second kappa shape index (κ2) is 7.00. The van der Waals surface area contributed by atoms with Crippen LogP contribution in [0.3, 0.4) is 0 Å². The van der Waals surface area contributed by atoms with Gasteiger partial charge in [0.05, 0.1) is 6.07 Å². The minimum Gasteiger partial charge on any atom is -0.322 e. The third-order valence-electron chi connectivity index (χ3n) is 5.86. The molecule has 2 fully saturated rings. The molecule has 0 aliphatic carbocycles. The number of fused-ring (bicyclic) bond motifs is 1. The molecule has 3 N–H and O–H groups in total. The minimum absolute atomic E-state index is 0.170. The molecule has 3 aliphatic rings. The Hall–Kier alpha value is -2.76. The van der Waals surface area contributed by atoms with E-state index < -0.39 is 17.5 Å². The van der Waals surface area contributed by atoms with Crippen molar-refractivity contribution in [3.05, 3.63) is 34.9 Å². The highest BCUT2D eigenvalue weighted by atomic mass is 16.2. The number of carbonyl (C=O) groups is 3. The predicted molar refractivity (Wildman–Crippen MR) is 99.5 cm³/mol. The van der Waals surface area contributed by atoms with E-state index in [9.17, 15) is 19.6 Å². The van der Waals surface area contributed by atoms with Crippen LogP contribution in [0.2, 0.25) is 0 Å². The molecule has 8 nitrogen and oxygen atoms in total. The fourth-order valence-corrected chi connectivity index (χ4v) is 4.46. The first-order valence-corrected chi connectivity index (χ1v) is 9.58. The maximum absolute atomic E-state index is 13.1. The normalized spacial score (nSPS) is 28.1. The molecule has 0 spiro atoms. The molecule has 1 aromatic carbocycles. The Kier molecular flexibility index (Phi) is 4.65. The fourth-order valence-electron chi connectivity index (χ4n) is 4.46. The summed E-state index contributed by atoms with van der Waals surface area (Å²) in [7, 11) is 0. The Labute approximate surface area is 163 Å². The van der Waals surface area contributed by atoms with Gasteiger partial charge in [-0.1, -0.05) is 18.2 Å². The number of nitriles is 1. The summed E-state index contributed by atoms with van der Waals surface area (Å²) in [6, 6.07) is 7.33. The van der Waals surface area contributed by atoms with Gasteiger partial charge in [0.2, 0.25) is 11.8 Å². The maximum Gasteiger partial charge on any atom is 0.255 e. The number of rotatable bonds is 3. The van der Waals surface area contributed by atoms with Gasteiger partial charge in [-0.05, 0) is 36.9 Å². The number of nitrogens with one attached hydrogen (secondary N) is 1. The molecular formula is C20H23N5O3. The molecule has 4 rings (SSSR count). The number of nitrogens with two attached hydrogens (primary N) is 1. The van der Waals surface area contributed by atoms with Crippen molar-refractivity contribution in [3.8, 4) is 6.07 Å². The highest BCUT2D eigenvalue weighted by Crippen LogP contribution is 2.31. The van der Waals surface area contributed by atoms with Crippen molar-refractivity contribution in [3.63, 3.8) is 0 Å². The number of likely N-dealkylation sites (tertiary alicyclic amines) is 1. The third-order valence-corrected chi connectivity index (χ3v) is 5.86. The zero-order valence-electron chi connectivity index (χ0n) is 15.6. The van der Waals surface area contributed by atoms with Gasteiger partial charge in [0.15, 0.2) is 0 Å². The van der Waals surface area contributed by atoms with Gasteiger partial charge >= 0.3 is 0 Å². The van der Waals surface area contributed by atoms with Crippen LogP contribution in [0, 0.1) is 11.3 Å². The average molecular weight is 381 g/mol. The highest BCUT2D eigenvalue weighted by molar-refractivity contribution is 6.05. The largest absolute Gasteiger partial charge is 0.322 e. The molecule has 2 atom stereocenters. The van der Waals surface area contributed by atoms with Crippen LogP contribution in [0.1, 0.15) is 47.2 Å². The first-order chi connectivity index (χ1) is 13.4. The molecule has 3 amide bonds. The van der Waals surface area contributed by atoms with Crippen molar-refractivity contribution in [2.24, 2.45) is 5.73 Å². The van der Waals surface area contributed by atoms with Gasteiger partial charge in [0.1, 0.15) is 11.6 Å². The van der Waals surface area contributed by atoms with Crippen molar-refractivity contribution in [2.75, 3.05) is 13.1 Å². The molecule has 0 radical (unpaired) electrons. The summed E-state index contributed by atoms with van der Waals surface area (Å²) in [5, 5.41) is 11.7. The van der Waals surface area contributed by atoms with Gasteiger partial charge in [0.25, 0.3) is 5.91 Å². The van der Waals surface area contributed by atoms with Gasteiger partial charge in [-0.15, -0.1) is 0 Å². The number of nitrogens with zero attached hydrogens (tertiary/aromatic N) is 3. The van der Waals surface area contributed by atoms with Crippen molar-refractivity contribution < 1.29 is 14.4 Å². The van der Waals surface area contributed by atoms with E-state index in [-0.39, 0.29) is 18.2 Å². The maximum atomic E-state index is 13.1. The van der Waals surface area contributed by atoms with Crippen LogP contribution >= 0.6 is 0 Å². The molecule has 0 bridgehead atoms. The molecule has 2 saturated heterocycles. The van der Waals surface area contributed by atoms with E-state index in [1.165, 1.54) is 0 Å². The van der Waals surface area contributed by atoms with E-state index in [0.717, 1.165) is 24.1 Å². The second-order valence-electron chi connectivity index (χ2n) is 7.93. The first-order valence-electron chi connectivity index (χ1n) is 9.58. The summed E-state index contributed by atoms with van der Waals surface area (Å²) in [6.07, 6.45) is 2.11. The fraction of sp³-hybridized carbons (Fsp3) is 0.500. The van der Waals surface area contributed by atoms with Crippen LogP contribution in [0.15, 0.2) is 18.2 Å². The van der Waals surface area contributed by atoms with Crippen LogP contribution < -0.4 is 11.1 Å². The van der Waals surface area contributed by atoms with Crippen LogP contribution in [0.4, 0.5) is 0 Å². The van der Waals surface area contributed by atoms with E-state index in [2.05, 4.69) is 16.3 Å². The third kappa shape index (κ3) is 3.28. The lowest BCUT2D eigenvalue weighted by Gasteiger charge is -2.36. The number of amides is 3. The Morgan fingerprint density at radius 1 is 1.32 bits per heavy atom. The zero-order chi connectivity index (χ0) is 19.9. The number of hydrogen-bond donors (Lipinski definition) is 2. The van der Waals surface area contributed by atoms with Gasteiger partial charge in [0, 0.05) is 31.6 Å². The van der Waals surface area contributed by atoms with E-state index in [4.69, 9.17) is 5.73 Å². The summed E-state index contributed by atoms with van der Waals surface area (Å²) in [6.45, 7) is 2.21. The van der Waals surface area contributed by atoms with Crippen LogP contribution in [0.25, 0.3) is 0 Å². The highest BCUT2D eigenvalue weighted by Gasteiger charge is 2.40.